The monoisotopic (exact) mass is 311 g/mol. The quantitative estimate of drug-likeness (QED) is 0.666. The number of nitrogens with zero attached hydrogens (tertiary/aromatic N) is 2. The van der Waals surface area contributed by atoms with Crippen molar-refractivity contribution in [1.82, 2.24) is 10.2 Å². The smallest absolute Gasteiger partial charge is 0.282 e. The molecule has 2 aliphatic rings. The third kappa shape index (κ3) is 3.01. The molecule has 0 aromatic heterocycles. The highest BCUT2D eigenvalue weighted by molar-refractivity contribution is 5.98. The zero-order valence-electron chi connectivity index (χ0n) is 11.5. The van der Waals surface area contributed by atoms with Crippen LogP contribution >= 0.6 is 12.4 Å². The number of nitro benzene ring substituents is 1. The molecule has 0 aliphatic carbocycles. The van der Waals surface area contributed by atoms with Crippen molar-refractivity contribution in [2.45, 2.75) is 6.42 Å². The highest BCUT2D eigenvalue weighted by Gasteiger charge is 2.35. The van der Waals surface area contributed by atoms with Crippen LogP contribution < -0.4 is 5.32 Å². The van der Waals surface area contributed by atoms with Crippen LogP contribution in [0.4, 0.5) is 5.69 Å². The molecule has 0 radical (unpaired) electrons. The second-order valence-electron chi connectivity index (χ2n) is 5.49. The van der Waals surface area contributed by atoms with Crippen molar-refractivity contribution in [3.63, 3.8) is 0 Å². The van der Waals surface area contributed by atoms with Gasteiger partial charge in [0.05, 0.1) is 4.92 Å². The van der Waals surface area contributed by atoms with Gasteiger partial charge in [0.1, 0.15) is 5.56 Å². The fourth-order valence-corrected chi connectivity index (χ4v) is 3.20. The Bertz CT molecular complexity index is 552. The van der Waals surface area contributed by atoms with E-state index >= 15 is 0 Å². The first-order valence-corrected chi connectivity index (χ1v) is 6.90. The number of rotatable bonds is 2. The lowest BCUT2D eigenvalue weighted by molar-refractivity contribution is -0.385. The minimum absolute atomic E-state index is 0. The fourth-order valence-electron chi connectivity index (χ4n) is 3.20. The van der Waals surface area contributed by atoms with Crippen LogP contribution in [0.2, 0.25) is 0 Å². The lowest BCUT2D eigenvalue weighted by Crippen LogP contribution is -2.43. The van der Waals surface area contributed by atoms with Crippen molar-refractivity contribution in [3.05, 3.63) is 39.9 Å². The van der Waals surface area contributed by atoms with Gasteiger partial charge in [0.2, 0.25) is 0 Å². The summed E-state index contributed by atoms with van der Waals surface area (Å²) in [7, 11) is 0. The number of carbonyl (C=O) groups is 1. The number of likely N-dealkylation sites (tertiary alicyclic amines) is 1. The zero-order chi connectivity index (χ0) is 14.1. The Morgan fingerprint density at radius 3 is 2.76 bits per heavy atom. The second kappa shape index (κ2) is 6.41. The van der Waals surface area contributed by atoms with Crippen molar-refractivity contribution in [2.24, 2.45) is 11.8 Å². The predicted octanol–water partition coefficient (Wildman–Crippen LogP) is 1.70. The van der Waals surface area contributed by atoms with Crippen molar-refractivity contribution in [2.75, 3.05) is 26.2 Å². The summed E-state index contributed by atoms with van der Waals surface area (Å²) in [6, 6.07) is 6.18. The zero-order valence-corrected chi connectivity index (χ0v) is 12.3. The predicted molar refractivity (Wildman–Crippen MR) is 80.7 cm³/mol. The van der Waals surface area contributed by atoms with Crippen LogP contribution in [-0.2, 0) is 0 Å². The summed E-state index contributed by atoms with van der Waals surface area (Å²) in [5.41, 5.74) is 0.0890. The molecule has 1 aromatic rings. The Morgan fingerprint density at radius 1 is 1.29 bits per heavy atom. The third-order valence-corrected chi connectivity index (χ3v) is 4.32. The van der Waals surface area contributed by atoms with Gasteiger partial charge in [-0.1, -0.05) is 12.1 Å². The molecule has 0 spiro atoms. The topological polar surface area (TPSA) is 75.5 Å². The maximum absolute atomic E-state index is 12.5. The third-order valence-electron chi connectivity index (χ3n) is 4.32. The molecule has 114 valence electrons. The van der Waals surface area contributed by atoms with Gasteiger partial charge in [-0.25, -0.2) is 0 Å². The number of fused-ring (bicyclic) bond motifs is 1. The van der Waals surface area contributed by atoms with Gasteiger partial charge in [0, 0.05) is 19.2 Å². The molecular weight excluding hydrogens is 294 g/mol. The number of hydrogen-bond donors (Lipinski definition) is 1. The number of para-hydroxylation sites is 1. The minimum atomic E-state index is -0.489. The van der Waals surface area contributed by atoms with Crippen LogP contribution in [0.3, 0.4) is 0 Å². The van der Waals surface area contributed by atoms with E-state index in [9.17, 15) is 14.9 Å². The lowest BCUT2D eigenvalue weighted by atomic mass is 9.88. The Kier molecular flexibility index (Phi) is 4.80. The molecule has 3 rings (SSSR count). The highest BCUT2D eigenvalue weighted by Crippen LogP contribution is 2.28. The number of benzene rings is 1. The van der Waals surface area contributed by atoms with Gasteiger partial charge in [-0.05, 0) is 37.4 Å². The number of halogens is 1. The molecule has 1 N–H and O–H groups in total. The minimum Gasteiger partial charge on any atom is -0.338 e. The van der Waals surface area contributed by atoms with Crippen molar-refractivity contribution >= 4 is 24.0 Å². The number of nitro groups is 1. The summed E-state index contributed by atoms with van der Waals surface area (Å²) in [6.07, 6.45) is 0.976. The van der Waals surface area contributed by atoms with Crippen molar-refractivity contribution < 1.29 is 9.72 Å². The molecule has 1 amide bonds. The molecule has 2 saturated heterocycles. The van der Waals surface area contributed by atoms with Gasteiger partial charge in [-0.15, -0.1) is 12.4 Å². The molecule has 2 unspecified atom stereocenters. The first-order chi connectivity index (χ1) is 9.66. The van der Waals surface area contributed by atoms with E-state index in [1.54, 1.807) is 23.1 Å². The SMILES string of the molecule is Cl.O=C(c1ccccc1[N+](=O)[O-])N1CCC2CNCC2C1. The highest BCUT2D eigenvalue weighted by atomic mass is 35.5. The standard InChI is InChI=1S/C14H17N3O3.ClH/c18-14(12-3-1-2-4-13(12)17(19)20)16-6-5-10-7-15-8-11(10)9-16;/h1-4,10-11,15H,5-9H2;1H. The van der Waals surface area contributed by atoms with E-state index in [2.05, 4.69) is 5.32 Å². The molecule has 2 atom stereocenters. The lowest BCUT2D eigenvalue weighted by Gasteiger charge is -2.34. The molecule has 6 nitrogen and oxygen atoms in total. The van der Waals surface area contributed by atoms with Gasteiger partial charge in [0.25, 0.3) is 11.6 Å². The maximum Gasteiger partial charge on any atom is 0.282 e. The summed E-state index contributed by atoms with van der Waals surface area (Å²) in [5.74, 6) is 0.905. The van der Waals surface area contributed by atoms with Gasteiger partial charge in [-0.3, -0.25) is 14.9 Å². The van der Waals surface area contributed by atoms with E-state index in [-0.39, 0.29) is 29.6 Å². The summed E-state index contributed by atoms with van der Waals surface area (Å²) >= 11 is 0. The van der Waals surface area contributed by atoms with Crippen LogP contribution in [0, 0.1) is 22.0 Å². The van der Waals surface area contributed by atoms with Gasteiger partial charge >= 0.3 is 0 Å². The number of amides is 1. The molecule has 2 fully saturated rings. The maximum atomic E-state index is 12.5. The van der Waals surface area contributed by atoms with Crippen molar-refractivity contribution in [1.29, 1.82) is 0 Å². The fraction of sp³-hybridized carbons (Fsp3) is 0.500. The Morgan fingerprint density at radius 2 is 2.00 bits per heavy atom. The van der Waals surface area contributed by atoms with E-state index in [1.807, 2.05) is 0 Å². The Balaban J connectivity index is 0.00000161. The molecule has 21 heavy (non-hydrogen) atoms. The van der Waals surface area contributed by atoms with Crippen LogP contribution in [-0.4, -0.2) is 41.9 Å². The van der Waals surface area contributed by atoms with Gasteiger partial charge in [0.15, 0.2) is 0 Å². The van der Waals surface area contributed by atoms with Gasteiger partial charge in [-0.2, -0.15) is 0 Å². The molecule has 2 heterocycles. The average Bonchev–Trinajstić information content (AvgIpc) is 2.93. The first-order valence-electron chi connectivity index (χ1n) is 6.90. The van der Waals surface area contributed by atoms with E-state index in [1.165, 1.54) is 6.07 Å². The molecule has 1 aromatic carbocycles. The Labute approximate surface area is 129 Å². The van der Waals surface area contributed by atoms with Crippen molar-refractivity contribution in [3.8, 4) is 0 Å². The van der Waals surface area contributed by atoms with E-state index < -0.39 is 4.92 Å². The van der Waals surface area contributed by atoms with Gasteiger partial charge < -0.3 is 10.2 Å². The van der Waals surface area contributed by atoms with Crippen LogP contribution in [0.15, 0.2) is 24.3 Å². The van der Waals surface area contributed by atoms with E-state index in [0.29, 0.717) is 24.9 Å². The summed E-state index contributed by atoms with van der Waals surface area (Å²) in [4.78, 5) is 24.8. The summed E-state index contributed by atoms with van der Waals surface area (Å²) in [6.45, 7) is 3.35. The van der Waals surface area contributed by atoms with Crippen LogP contribution in [0.1, 0.15) is 16.8 Å². The molecular formula is C14H18ClN3O3. The summed E-state index contributed by atoms with van der Waals surface area (Å²) in [5, 5.41) is 14.4. The Hall–Kier alpha value is -1.66. The number of carbonyl (C=O) groups excluding carboxylic acids is 1. The average molecular weight is 312 g/mol. The number of hydrogen-bond acceptors (Lipinski definition) is 4. The number of piperidine rings is 1. The summed E-state index contributed by atoms with van der Waals surface area (Å²) < 4.78 is 0. The molecule has 0 saturated carbocycles. The molecule has 7 heteroatoms. The molecule has 0 bridgehead atoms. The van der Waals surface area contributed by atoms with E-state index in [0.717, 1.165) is 19.5 Å². The number of nitrogens with one attached hydrogen (secondary N) is 1. The van der Waals surface area contributed by atoms with Crippen LogP contribution in [0.25, 0.3) is 0 Å². The van der Waals surface area contributed by atoms with E-state index in [4.69, 9.17) is 0 Å². The first kappa shape index (κ1) is 15.7. The van der Waals surface area contributed by atoms with Crippen LogP contribution in [0.5, 0.6) is 0 Å². The normalized spacial score (nSPS) is 24.1. The second-order valence-corrected chi connectivity index (χ2v) is 5.49. The largest absolute Gasteiger partial charge is 0.338 e. The molecule has 2 aliphatic heterocycles.